The molecule has 2 aromatic carbocycles. The number of aryl methyl sites for hydroxylation is 1. The minimum absolute atomic E-state index is 0.276. The van der Waals surface area contributed by atoms with E-state index in [2.05, 4.69) is 32.9 Å². The number of nitrogen functional groups attached to an aromatic ring is 1. The number of ether oxygens (including phenoxy) is 1. The van der Waals surface area contributed by atoms with Crippen LogP contribution in [0.5, 0.6) is 5.75 Å². The molecule has 0 aliphatic rings. The van der Waals surface area contributed by atoms with Gasteiger partial charge in [-0.1, -0.05) is 31.5 Å². The highest BCUT2D eigenvalue weighted by Crippen LogP contribution is 2.27. The molecule has 0 saturated heterocycles. The summed E-state index contributed by atoms with van der Waals surface area (Å²) in [6, 6.07) is 15.6. The Balaban J connectivity index is 1.73. The van der Waals surface area contributed by atoms with Crippen LogP contribution >= 0.6 is 0 Å². The van der Waals surface area contributed by atoms with Crippen molar-refractivity contribution in [3.8, 4) is 17.2 Å². The number of hydrogen-bond acceptors (Lipinski definition) is 4. The molecule has 0 atom stereocenters. The molecule has 0 saturated carbocycles. The monoisotopic (exact) mass is 336 g/mol. The molecule has 2 N–H and O–H groups in total. The van der Waals surface area contributed by atoms with Crippen LogP contribution in [-0.2, 0) is 6.42 Å². The fourth-order valence-corrected chi connectivity index (χ4v) is 2.64. The predicted molar refractivity (Wildman–Crippen MR) is 101 cm³/mol. The minimum Gasteiger partial charge on any atom is -0.493 e. The molecule has 0 bridgehead atoms. The highest BCUT2D eigenvalue weighted by Gasteiger charge is 2.17. The Bertz CT molecular complexity index is 818. The molecular formula is C21H24N2O2. The lowest BCUT2D eigenvalue weighted by Crippen LogP contribution is -2.04. The van der Waals surface area contributed by atoms with Gasteiger partial charge >= 0.3 is 0 Å². The van der Waals surface area contributed by atoms with Gasteiger partial charge in [-0.3, -0.25) is 0 Å². The van der Waals surface area contributed by atoms with Crippen LogP contribution < -0.4 is 10.5 Å². The Morgan fingerprint density at radius 2 is 1.72 bits per heavy atom. The van der Waals surface area contributed by atoms with Crippen LogP contribution in [0, 0.1) is 6.92 Å². The van der Waals surface area contributed by atoms with Crippen molar-refractivity contribution in [3.05, 3.63) is 65.5 Å². The van der Waals surface area contributed by atoms with Gasteiger partial charge in [0.1, 0.15) is 11.5 Å². The fourth-order valence-electron chi connectivity index (χ4n) is 2.64. The first-order chi connectivity index (χ1) is 12.0. The topological polar surface area (TPSA) is 61.3 Å². The summed E-state index contributed by atoms with van der Waals surface area (Å²) in [6.45, 7) is 6.84. The van der Waals surface area contributed by atoms with E-state index in [1.165, 1.54) is 5.56 Å². The summed E-state index contributed by atoms with van der Waals surface area (Å²) in [5, 5.41) is 0. The molecule has 0 aliphatic carbocycles. The van der Waals surface area contributed by atoms with Gasteiger partial charge in [-0.2, -0.15) is 0 Å². The maximum Gasteiger partial charge on any atom is 0.226 e. The van der Waals surface area contributed by atoms with Gasteiger partial charge in [0.15, 0.2) is 0 Å². The minimum atomic E-state index is 0.276. The fraction of sp³-hybridized carbons (Fsp3) is 0.286. The van der Waals surface area contributed by atoms with Crippen molar-refractivity contribution in [1.82, 2.24) is 4.98 Å². The van der Waals surface area contributed by atoms with Crippen molar-refractivity contribution in [3.63, 3.8) is 0 Å². The number of anilines is 1. The molecule has 0 amide bonds. The van der Waals surface area contributed by atoms with Gasteiger partial charge in [0, 0.05) is 23.6 Å². The van der Waals surface area contributed by atoms with Crippen molar-refractivity contribution < 1.29 is 9.15 Å². The third kappa shape index (κ3) is 4.21. The average Bonchev–Trinajstić information content (AvgIpc) is 3.02. The first-order valence-corrected chi connectivity index (χ1v) is 8.58. The van der Waals surface area contributed by atoms with E-state index in [0.717, 1.165) is 28.5 Å². The van der Waals surface area contributed by atoms with Crippen LogP contribution in [0.15, 0.2) is 52.9 Å². The molecule has 1 aromatic heterocycles. The molecule has 4 heteroatoms. The quantitative estimate of drug-likeness (QED) is 0.645. The Morgan fingerprint density at radius 1 is 1.04 bits per heavy atom. The zero-order valence-corrected chi connectivity index (χ0v) is 15.0. The zero-order chi connectivity index (χ0) is 17.8. The largest absolute Gasteiger partial charge is 0.493 e. The highest BCUT2D eigenvalue weighted by molar-refractivity contribution is 5.54. The maximum atomic E-state index is 6.04. The lowest BCUT2D eigenvalue weighted by molar-refractivity contribution is 0.319. The van der Waals surface area contributed by atoms with Gasteiger partial charge in [-0.05, 0) is 43.3 Å². The molecule has 25 heavy (non-hydrogen) atoms. The second-order valence-corrected chi connectivity index (χ2v) is 6.52. The van der Waals surface area contributed by atoms with E-state index in [1.807, 2.05) is 36.4 Å². The summed E-state index contributed by atoms with van der Waals surface area (Å²) < 4.78 is 11.8. The van der Waals surface area contributed by atoms with Crippen LogP contribution in [-0.4, -0.2) is 11.6 Å². The second-order valence-electron chi connectivity index (χ2n) is 6.52. The van der Waals surface area contributed by atoms with E-state index < -0.39 is 0 Å². The van der Waals surface area contributed by atoms with Gasteiger partial charge in [-0.25, -0.2) is 4.98 Å². The molecule has 3 rings (SSSR count). The number of aromatic nitrogens is 1. The molecule has 3 aromatic rings. The third-order valence-corrected chi connectivity index (χ3v) is 4.04. The summed E-state index contributed by atoms with van der Waals surface area (Å²) in [5.74, 6) is 2.68. The Labute approximate surface area is 148 Å². The summed E-state index contributed by atoms with van der Waals surface area (Å²) in [6.07, 6.45) is 0.702. The van der Waals surface area contributed by atoms with Crippen molar-refractivity contribution >= 4 is 5.69 Å². The number of rotatable bonds is 6. The van der Waals surface area contributed by atoms with Crippen molar-refractivity contribution in [2.45, 2.75) is 33.1 Å². The number of oxazole rings is 1. The number of nitrogens with zero attached hydrogens (tertiary/aromatic N) is 1. The lowest BCUT2D eigenvalue weighted by atomic mass is 10.1. The smallest absolute Gasteiger partial charge is 0.226 e. The normalized spacial score (nSPS) is 11.0. The first-order valence-electron chi connectivity index (χ1n) is 8.58. The standard InChI is InChI=1S/C21H24N2O2/c1-14(2)20-19(12-13-24-18-10-8-17(22)9-11-18)23-21(25-20)16-6-4-15(3)5-7-16/h4-11,14H,12-13,22H2,1-3H3. The molecule has 130 valence electrons. The SMILES string of the molecule is Cc1ccc(-c2nc(CCOc3ccc(N)cc3)c(C(C)C)o2)cc1. The molecular weight excluding hydrogens is 312 g/mol. The van der Waals surface area contributed by atoms with E-state index in [0.29, 0.717) is 18.9 Å². The molecule has 0 aliphatic heterocycles. The van der Waals surface area contributed by atoms with Gasteiger partial charge in [0.05, 0.1) is 12.3 Å². The highest BCUT2D eigenvalue weighted by atomic mass is 16.5. The van der Waals surface area contributed by atoms with E-state index in [1.54, 1.807) is 0 Å². The zero-order valence-electron chi connectivity index (χ0n) is 15.0. The van der Waals surface area contributed by atoms with E-state index in [-0.39, 0.29) is 5.92 Å². The van der Waals surface area contributed by atoms with Crippen LogP contribution in [0.25, 0.3) is 11.5 Å². The van der Waals surface area contributed by atoms with E-state index in [9.17, 15) is 0 Å². The van der Waals surface area contributed by atoms with Gasteiger partial charge < -0.3 is 14.9 Å². The van der Waals surface area contributed by atoms with E-state index in [4.69, 9.17) is 19.9 Å². The first kappa shape index (κ1) is 17.1. The molecule has 0 fully saturated rings. The summed E-state index contributed by atoms with van der Waals surface area (Å²) in [7, 11) is 0. The van der Waals surface area contributed by atoms with E-state index >= 15 is 0 Å². The molecule has 0 radical (unpaired) electrons. The number of hydrogen-bond donors (Lipinski definition) is 1. The van der Waals surface area contributed by atoms with Gasteiger partial charge in [-0.15, -0.1) is 0 Å². The Hall–Kier alpha value is -2.75. The van der Waals surface area contributed by atoms with Crippen molar-refractivity contribution in [2.75, 3.05) is 12.3 Å². The van der Waals surface area contributed by atoms with Crippen LogP contribution in [0.3, 0.4) is 0 Å². The lowest BCUT2D eigenvalue weighted by Gasteiger charge is -2.07. The van der Waals surface area contributed by atoms with Gasteiger partial charge in [0.25, 0.3) is 0 Å². The maximum absolute atomic E-state index is 6.04. The van der Waals surface area contributed by atoms with Crippen LogP contribution in [0.4, 0.5) is 5.69 Å². The molecule has 4 nitrogen and oxygen atoms in total. The second kappa shape index (κ2) is 7.43. The predicted octanol–water partition coefficient (Wildman–Crippen LogP) is 4.98. The summed E-state index contributed by atoms with van der Waals surface area (Å²) in [4.78, 5) is 4.71. The number of benzene rings is 2. The van der Waals surface area contributed by atoms with Crippen LogP contribution in [0.1, 0.15) is 36.8 Å². The molecule has 1 heterocycles. The van der Waals surface area contributed by atoms with Gasteiger partial charge in [0.2, 0.25) is 5.89 Å². The average molecular weight is 336 g/mol. The summed E-state index contributed by atoms with van der Waals surface area (Å²) in [5.41, 5.74) is 9.60. The van der Waals surface area contributed by atoms with Crippen LogP contribution in [0.2, 0.25) is 0 Å². The summed E-state index contributed by atoms with van der Waals surface area (Å²) >= 11 is 0. The Kier molecular flexibility index (Phi) is 5.08. The van der Waals surface area contributed by atoms with Crippen molar-refractivity contribution in [1.29, 1.82) is 0 Å². The van der Waals surface area contributed by atoms with Crippen molar-refractivity contribution in [2.24, 2.45) is 0 Å². The number of nitrogens with two attached hydrogens (primary N) is 1. The Morgan fingerprint density at radius 3 is 2.36 bits per heavy atom. The molecule has 0 unspecified atom stereocenters. The third-order valence-electron chi connectivity index (χ3n) is 4.04. The molecule has 0 spiro atoms.